The van der Waals surface area contributed by atoms with Gasteiger partial charge in [-0.1, -0.05) is 0 Å². The molecule has 5 nitrogen and oxygen atoms in total. The van der Waals surface area contributed by atoms with E-state index >= 15 is 0 Å². The molecular formula is C12H16BrNO4. The van der Waals surface area contributed by atoms with Crippen molar-refractivity contribution in [1.82, 2.24) is 0 Å². The lowest BCUT2D eigenvalue weighted by Gasteiger charge is -2.06. The molecule has 0 amide bonds. The number of methoxy groups -OCH3 is 1. The van der Waals surface area contributed by atoms with Gasteiger partial charge >= 0.3 is 5.97 Å². The summed E-state index contributed by atoms with van der Waals surface area (Å²) in [6, 6.07) is 4.90. The maximum Gasteiger partial charge on any atom is 0.338 e. The van der Waals surface area contributed by atoms with Crippen LogP contribution in [0.1, 0.15) is 10.4 Å². The number of hydrogen-bond acceptors (Lipinski definition) is 5. The Morgan fingerprint density at radius 1 is 1.28 bits per heavy atom. The summed E-state index contributed by atoms with van der Waals surface area (Å²) in [5.41, 5.74) is 6.66. The summed E-state index contributed by atoms with van der Waals surface area (Å²) >= 11 is 3.25. The number of rotatable bonds is 7. The monoisotopic (exact) mass is 317 g/mol. The molecule has 0 saturated heterocycles. The molecule has 1 aromatic carbocycles. The average Bonchev–Trinajstić information content (AvgIpc) is 2.36. The van der Waals surface area contributed by atoms with Gasteiger partial charge in [0, 0.05) is 17.3 Å². The van der Waals surface area contributed by atoms with Crippen LogP contribution in [0.15, 0.2) is 22.7 Å². The topological polar surface area (TPSA) is 70.8 Å². The minimum Gasteiger partial charge on any atom is -0.460 e. The summed E-state index contributed by atoms with van der Waals surface area (Å²) < 4.78 is 15.7. The lowest BCUT2D eigenvalue weighted by molar-refractivity contribution is 0.0214. The maximum absolute atomic E-state index is 11.6. The molecule has 0 heterocycles. The van der Waals surface area contributed by atoms with Crippen LogP contribution in [0.25, 0.3) is 0 Å². The van der Waals surface area contributed by atoms with Crippen LogP contribution in [0.4, 0.5) is 5.69 Å². The van der Waals surface area contributed by atoms with Crippen molar-refractivity contribution < 1.29 is 19.0 Å². The number of benzene rings is 1. The molecule has 1 aromatic rings. The fraction of sp³-hybridized carbons (Fsp3) is 0.417. The molecule has 0 unspecified atom stereocenters. The third-order valence-electron chi connectivity index (χ3n) is 2.13. The highest BCUT2D eigenvalue weighted by Crippen LogP contribution is 2.20. The van der Waals surface area contributed by atoms with Gasteiger partial charge in [-0.2, -0.15) is 0 Å². The van der Waals surface area contributed by atoms with E-state index in [0.717, 1.165) is 0 Å². The molecule has 0 fully saturated rings. The number of hydrogen-bond donors (Lipinski definition) is 1. The molecule has 0 radical (unpaired) electrons. The number of carbonyl (C=O) groups excluding carboxylic acids is 1. The van der Waals surface area contributed by atoms with Gasteiger partial charge in [-0.05, 0) is 34.1 Å². The molecule has 0 atom stereocenters. The summed E-state index contributed by atoms with van der Waals surface area (Å²) in [6.07, 6.45) is 0. The third kappa shape index (κ3) is 5.03. The van der Waals surface area contributed by atoms with Crippen molar-refractivity contribution in [1.29, 1.82) is 0 Å². The summed E-state index contributed by atoms with van der Waals surface area (Å²) in [4.78, 5) is 11.6. The highest BCUT2D eigenvalue weighted by Gasteiger charge is 2.08. The SMILES string of the molecule is COCCOCCOC(=O)c1ccc(N)c(Br)c1. The van der Waals surface area contributed by atoms with E-state index in [1.807, 2.05) is 0 Å². The first kappa shape index (κ1) is 14.9. The standard InChI is InChI=1S/C12H16BrNO4/c1-16-4-5-17-6-7-18-12(15)9-2-3-11(14)10(13)8-9/h2-3,8H,4-7,14H2,1H3. The van der Waals surface area contributed by atoms with E-state index < -0.39 is 5.97 Å². The highest BCUT2D eigenvalue weighted by molar-refractivity contribution is 9.10. The Labute approximate surface area is 114 Å². The molecule has 0 aliphatic heterocycles. The van der Waals surface area contributed by atoms with Crippen molar-refractivity contribution in [2.75, 3.05) is 39.3 Å². The van der Waals surface area contributed by atoms with Crippen LogP contribution in [-0.4, -0.2) is 39.5 Å². The number of esters is 1. The Morgan fingerprint density at radius 2 is 2.00 bits per heavy atom. The molecule has 18 heavy (non-hydrogen) atoms. The van der Waals surface area contributed by atoms with Gasteiger partial charge in [-0.25, -0.2) is 4.79 Å². The molecule has 0 spiro atoms. The minimum absolute atomic E-state index is 0.213. The Balaban J connectivity index is 2.30. The van der Waals surface area contributed by atoms with Crippen LogP contribution in [0.5, 0.6) is 0 Å². The zero-order chi connectivity index (χ0) is 13.4. The van der Waals surface area contributed by atoms with Crippen LogP contribution >= 0.6 is 15.9 Å². The summed E-state index contributed by atoms with van der Waals surface area (Å²) in [6.45, 7) is 1.58. The van der Waals surface area contributed by atoms with Crippen LogP contribution < -0.4 is 5.73 Å². The molecule has 0 bridgehead atoms. The molecule has 6 heteroatoms. The lowest BCUT2D eigenvalue weighted by Crippen LogP contribution is -2.12. The van der Waals surface area contributed by atoms with Crippen molar-refractivity contribution in [3.8, 4) is 0 Å². The fourth-order valence-electron chi connectivity index (χ4n) is 1.18. The van der Waals surface area contributed by atoms with Crippen molar-refractivity contribution in [2.24, 2.45) is 0 Å². The van der Waals surface area contributed by atoms with Crippen LogP contribution in [0.3, 0.4) is 0 Å². The van der Waals surface area contributed by atoms with Crippen LogP contribution in [0, 0.1) is 0 Å². The first-order valence-corrected chi connectivity index (χ1v) is 6.23. The Hall–Kier alpha value is -1.11. The second-order valence-electron chi connectivity index (χ2n) is 3.48. The molecule has 0 aliphatic rings. The Kier molecular flexibility index (Phi) is 6.70. The normalized spacial score (nSPS) is 10.3. The van der Waals surface area contributed by atoms with Gasteiger partial charge in [0.05, 0.1) is 25.4 Å². The Morgan fingerprint density at radius 3 is 2.67 bits per heavy atom. The first-order chi connectivity index (χ1) is 8.65. The smallest absolute Gasteiger partial charge is 0.338 e. The van der Waals surface area contributed by atoms with E-state index in [1.165, 1.54) is 0 Å². The van der Waals surface area contributed by atoms with Gasteiger partial charge in [0.25, 0.3) is 0 Å². The van der Waals surface area contributed by atoms with Crippen molar-refractivity contribution >= 4 is 27.6 Å². The molecule has 2 N–H and O–H groups in total. The third-order valence-corrected chi connectivity index (χ3v) is 2.82. The molecular weight excluding hydrogens is 302 g/mol. The number of carbonyl (C=O) groups is 1. The predicted octanol–water partition coefficient (Wildman–Crippen LogP) is 1.85. The van der Waals surface area contributed by atoms with E-state index in [4.69, 9.17) is 19.9 Å². The highest BCUT2D eigenvalue weighted by atomic mass is 79.9. The maximum atomic E-state index is 11.6. The number of nitrogens with two attached hydrogens (primary N) is 1. The van der Waals surface area contributed by atoms with E-state index in [2.05, 4.69) is 15.9 Å². The minimum atomic E-state index is -0.397. The van der Waals surface area contributed by atoms with Crippen molar-refractivity contribution in [3.05, 3.63) is 28.2 Å². The van der Waals surface area contributed by atoms with Gasteiger partial charge in [-0.3, -0.25) is 0 Å². The average molecular weight is 318 g/mol. The summed E-state index contributed by atoms with van der Waals surface area (Å²) in [5.74, 6) is -0.397. The number of ether oxygens (including phenoxy) is 3. The van der Waals surface area contributed by atoms with E-state index in [9.17, 15) is 4.79 Å². The zero-order valence-electron chi connectivity index (χ0n) is 10.1. The van der Waals surface area contributed by atoms with Crippen molar-refractivity contribution in [3.63, 3.8) is 0 Å². The number of nitrogen functional groups attached to an aromatic ring is 1. The molecule has 0 aliphatic carbocycles. The summed E-state index contributed by atoms with van der Waals surface area (Å²) in [7, 11) is 1.60. The second kappa shape index (κ2) is 8.07. The lowest BCUT2D eigenvalue weighted by atomic mass is 10.2. The largest absolute Gasteiger partial charge is 0.460 e. The molecule has 0 saturated carbocycles. The van der Waals surface area contributed by atoms with E-state index in [-0.39, 0.29) is 6.61 Å². The second-order valence-corrected chi connectivity index (χ2v) is 4.33. The van der Waals surface area contributed by atoms with E-state index in [0.29, 0.717) is 35.5 Å². The van der Waals surface area contributed by atoms with E-state index in [1.54, 1.807) is 25.3 Å². The van der Waals surface area contributed by atoms with Crippen molar-refractivity contribution in [2.45, 2.75) is 0 Å². The molecule has 100 valence electrons. The van der Waals surface area contributed by atoms with Gasteiger partial charge < -0.3 is 19.9 Å². The molecule has 0 aromatic heterocycles. The zero-order valence-corrected chi connectivity index (χ0v) is 11.7. The number of halogens is 1. The Bertz CT molecular complexity index is 398. The molecule has 1 rings (SSSR count). The fourth-order valence-corrected chi connectivity index (χ4v) is 1.55. The number of anilines is 1. The van der Waals surface area contributed by atoms with Crippen LogP contribution in [-0.2, 0) is 14.2 Å². The van der Waals surface area contributed by atoms with Crippen LogP contribution in [0.2, 0.25) is 0 Å². The summed E-state index contributed by atoms with van der Waals surface area (Å²) in [5, 5.41) is 0. The van der Waals surface area contributed by atoms with Gasteiger partial charge in [0.15, 0.2) is 0 Å². The first-order valence-electron chi connectivity index (χ1n) is 5.44. The van der Waals surface area contributed by atoms with Gasteiger partial charge in [0.2, 0.25) is 0 Å². The van der Waals surface area contributed by atoms with Gasteiger partial charge in [0.1, 0.15) is 6.61 Å². The quantitative estimate of drug-likeness (QED) is 0.472. The predicted molar refractivity (Wildman–Crippen MR) is 71.5 cm³/mol. The van der Waals surface area contributed by atoms with Gasteiger partial charge in [-0.15, -0.1) is 0 Å².